The van der Waals surface area contributed by atoms with E-state index in [0.29, 0.717) is 11.6 Å². The minimum atomic E-state index is -0.215. The maximum Gasteiger partial charge on any atom is 0.274 e. The molecule has 2 heterocycles. The van der Waals surface area contributed by atoms with Crippen LogP contribution in [0.1, 0.15) is 16.1 Å². The Morgan fingerprint density at radius 2 is 1.91 bits per heavy atom. The standard InChI is InChI=1S/C17H14N4O/c1-10-6-7-11-9-15(18-14(11)8-10)16(22)21-17-19-12-4-2-3-5-13(12)20-17/h2-9,18H,1H3,(H2,19,20,21,22). The van der Waals surface area contributed by atoms with E-state index in [9.17, 15) is 4.79 Å². The highest BCUT2D eigenvalue weighted by molar-refractivity contribution is 6.05. The number of benzene rings is 2. The van der Waals surface area contributed by atoms with Gasteiger partial charge >= 0.3 is 0 Å². The van der Waals surface area contributed by atoms with Crippen LogP contribution in [0.15, 0.2) is 48.5 Å². The van der Waals surface area contributed by atoms with Crippen LogP contribution in [0, 0.1) is 6.92 Å². The number of carbonyl (C=O) groups is 1. The molecule has 22 heavy (non-hydrogen) atoms. The molecule has 0 fully saturated rings. The zero-order valence-electron chi connectivity index (χ0n) is 12.0. The minimum Gasteiger partial charge on any atom is -0.351 e. The predicted molar refractivity (Wildman–Crippen MR) is 87.1 cm³/mol. The molecule has 108 valence electrons. The van der Waals surface area contributed by atoms with Crippen LogP contribution in [0.5, 0.6) is 0 Å². The Labute approximate surface area is 126 Å². The van der Waals surface area contributed by atoms with Gasteiger partial charge in [-0.25, -0.2) is 4.98 Å². The molecule has 0 unspecified atom stereocenters. The van der Waals surface area contributed by atoms with Crippen molar-refractivity contribution in [3.05, 3.63) is 59.8 Å². The first-order chi connectivity index (χ1) is 10.7. The van der Waals surface area contributed by atoms with E-state index in [4.69, 9.17) is 0 Å². The van der Waals surface area contributed by atoms with Gasteiger partial charge in [0.25, 0.3) is 5.91 Å². The molecule has 0 atom stereocenters. The SMILES string of the molecule is Cc1ccc2cc(C(=O)Nc3nc4ccccc4[nH]3)[nH]c2c1. The predicted octanol–water partition coefficient (Wildman–Crippen LogP) is 3.60. The smallest absolute Gasteiger partial charge is 0.274 e. The number of aromatic amines is 2. The van der Waals surface area contributed by atoms with Crippen molar-refractivity contribution >= 4 is 33.8 Å². The van der Waals surface area contributed by atoms with Crippen LogP contribution in [0.3, 0.4) is 0 Å². The van der Waals surface area contributed by atoms with Crippen molar-refractivity contribution in [2.24, 2.45) is 0 Å². The summed E-state index contributed by atoms with van der Waals surface area (Å²) < 4.78 is 0. The van der Waals surface area contributed by atoms with Gasteiger partial charge in [-0.3, -0.25) is 10.1 Å². The summed E-state index contributed by atoms with van der Waals surface area (Å²) in [4.78, 5) is 22.9. The fourth-order valence-electron chi connectivity index (χ4n) is 2.55. The molecule has 0 saturated heterocycles. The summed E-state index contributed by atoms with van der Waals surface area (Å²) in [5.74, 6) is 0.231. The Kier molecular flexibility index (Phi) is 2.72. The van der Waals surface area contributed by atoms with Gasteiger partial charge in [0, 0.05) is 10.9 Å². The van der Waals surface area contributed by atoms with Crippen molar-refractivity contribution in [2.45, 2.75) is 6.92 Å². The van der Waals surface area contributed by atoms with Gasteiger partial charge in [0.05, 0.1) is 11.0 Å². The molecule has 5 nitrogen and oxygen atoms in total. The normalized spacial score (nSPS) is 11.1. The monoisotopic (exact) mass is 290 g/mol. The van der Waals surface area contributed by atoms with Gasteiger partial charge in [-0.15, -0.1) is 0 Å². The highest BCUT2D eigenvalue weighted by Crippen LogP contribution is 2.18. The molecule has 3 N–H and O–H groups in total. The maximum absolute atomic E-state index is 12.3. The molecule has 2 aromatic heterocycles. The molecule has 0 radical (unpaired) electrons. The van der Waals surface area contributed by atoms with E-state index in [2.05, 4.69) is 20.3 Å². The number of aryl methyl sites for hydroxylation is 1. The summed E-state index contributed by atoms with van der Waals surface area (Å²) in [5.41, 5.74) is 4.34. The van der Waals surface area contributed by atoms with Gasteiger partial charge in [-0.1, -0.05) is 24.3 Å². The molecule has 0 saturated carbocycles. The van der Waals surface area contributed by atoms with Gasteiger partial charge in [0.2, 0.25) is 5.95 Å². The molecule has 4 rings (SSSR count). The van der Waals surface area contributed by atoms with Crippen LogP contribution in [0.25, 0.3) is 21.9 Å². The van der Waals surface area contributed by atoms with Gasteiger partial charge in [0.15, 0.2) is 0 Å². The molecular formula is C17H14N4O. The largest absolute Gasteiger partial charge is 0.351 e. The summed E-state index contributed by atoms with van der Waals surface area (Å²) in [6.07, 6.45) is 0. The Morgan fingerprint density at radius 1 is 1.05 bits per heavy atom. The lowest BCUT2D eigenvalue weighted by molar-refractivity contribution is 0.102. The second-order valence-electron chi connectivity index (χ2n) is 5.33. The summed E-state index contributed by atoms with van der Waals surface area (Å²) in [5, 5.41) is 3.80. The molecule has 0 spiro atoms. The lowest BCUT2D eigenvalue weighted by atomic mass is 10.2. The number of imidazole rings is 1. The lowest BCUT2D eigenvalue weighted by Crippen LogP contribution is -2.13. The van der Waals surface area contributed by atoms with Gasteiger partial charge in [-0.2, -0.15) is 0 Å². The molecule has 0 aliphatic heterocycles. The number of aromatic nitrogens is 3. The van der Waals surface area contributed by atoms with Crippen LogP contribution >= 0.6 is 0 Å². The Bertz CT molecular complexity index is 963. The number of carbonyl (C=O) groups excluding carboxylic acids is 1. The fraction of sp³-hybridized carbons (Fsp3) is 0.0588. The van der Waals surface area contributed by atoms with E-state index in [-0.39, 0.29) is 5.91 Å². The van der Waals surface area contributed by atoms with E-state index in [1.165, 1.54) is 0 Å². The number of hydrogen-bond acceptors (Lipinski definition) is 2. The number of H-pyrrole nitrogens is 2. The quantitative estimate of drug-likeness (QED) is 0.527. The number of nitrogens with zero attached hydrogens (tertiary/aromatic N) is 1. The van der Waals surface area contributed by atoms with E-state index in [1.54, 1.807) is 0 Å². The van der Waals surface area contributed by atoms with Crippen LogP contribution < -0.4 is 5.32 Å². The molecule has 2 aromatic carbocycles. The van der Waals surface area contributed by atoms with E-state index < -0.39 is 0 Å². The summed E-state index contributed by atoms with van der Waals surface area (Å²) >= 11 is 0. The highest BCUT2D eigenvalue weighted by atomic mass is 16.2. The minimum absolute atomic E-state index is 0.215. The average molecular weight is 290 g/mol. The summed E-state index contributed by atoms with van der Waals surface area (Å²) in [6.45, 7) is 2.02. The van der Waals surface area contributed by atoms with Crippen molar-refractivity contribution in [1.29, 1.82) is 0 Å². The number of hydrogen-bond donors (Lipinski definition) is 3. The third-order valence-electron chi connectivity index (χ3n) is 3.64. The molecule has 5 heteroatoms. The fourth-order valence-corrected chi connectivity index (χ4v) is 2.55. The number of anilines is 1. The zero-order chi connectivity index (χ0) is 15.1. The summed E-state index contributed by atoms with van der Waals surface area (Å²) in [7, 11) is 0. The zero-order valence-corrected chi connectivity index (χ0v) is 12.0. The number of nitrogens with one attached hydrogen (secondary N) is 3. The van der Waals surface area contributed by atoms with E-state index in [1.807, 2.05) is 55.5 Å². The van der Waals surface area contributed by atoms with Crippen LogP contribution in [-0.2, 0) is 0 Å². The first-order valence-electron chi connectivity index (χ1n) is 7.04. The van der Waals surface area contributed by atoms with Crippen molar-refractivity contribution < 1.29 is 4.79 Å². The van der Waals surface area contributed by atoms with Crippen molar-refractivity contribution in [3.63, 3.8) is 0 Å². The topological polar surface area (TPSA) is 73.6 Å². The van der Waals surface area contributed by atoms with Crippen LogP contribution in [0.2, 0.25) is 0 Å². The number of amides is 1. The number of para-hydroxylation sites is 2. The molecular weight excluding hydrogens is 276 g/mol. The third-order valence-corrected chi connectivity index (χ3v) is 3.64. The van der Waals surface area contributed by atoms with E-state index >= 15 is 0 Å². The molecule has 4 aromatic rings. The second-order valence-corrected chi connectivity index (χ2v) is 5.33. The van der Waals surface area contributed by atoms with Gasteiger partial charge in [0.1, 0.15) is 5.69 Å². The molecule has 0 aliphatic rings. The first-order valence-corrected chi connectivity index (χ1v) is 7.04. The van der Waals surface area contributed by atoms with Crippen molar-refractivity contribution in [3.8, 4) is 0 Å². The van der Waals surface area contributed by atoms with Gasteiger partial charge in [-0.05, 0) is 36.8 Å². The van der Waals surface area contributed by atoms with Crippen LogP contribution in [0.4, 0.5) is 5.95 Å². The van der Waals surface area contributed by atoms with Crippen molar-refractivity contribution in [2.75, 3.05) is 5.32 Å². The molecule has 0 bridgehead atoms. The van der Waals surface area contributed by atoms with Crippen LogP contribution in [-0.4, -0.2) is 20.9 Å². The Morgan fingerprint density at radius 3 is 2.77 bits per heavy atom. The molecule has 1 amide bonds. The van der Waals surface area contributed by atoms with Gasteiger partial charge < -0.3 is 9.97 Å². The maximum atomic E-state index is 12.3. The number of fused-ring (bicyclic) bond motifs is 2. The average Bonchev–Trinajstić information content (AvgIpc) is 3.09. The Hall–Kier alpha value is -3.08. The first kappa shape index (κ1) is 12.6. The third kappa shape index (κ3) is 2.13. The Balaban J connectivity index is 1.65. The second kappa shape index (κ2) is 4.73. The molecule has 0 aliphatic carbocycles. The number of rotatable bonds is 2. The lowest BCUT2D eigenvalue weighted by Gasteiger charge is -1.98. The van der Waals surface area contributed by atoms with E-state index in [0.717, 1.165) is 27.5 Å². The highest BCUT2D eigenvalue weighted by Gasteiger charge is 2.12. The summed E-state index contributed by atoms with van der Waals surface area (Å²) in [6, 6.07) is 15.5. The van der Waals surface area contributed by atoms with Crippen molar-refractivity contribution in [1.82, 2.24) is 15.0 Å².